The lowest BCUT2D eigenvalue weighted by atomic mass is 9.98. The van der Waals surface area contributed by atoms with Gasteiger partial charge in [0.05, 0.1) is 17.8 Å². The average molecular weight is 457 g/mol. The van der Waals surface area contributed by atoms with Crippen LogP contribution in [0.25, 0.3) is 22.4 Å². The number of pyridine rings is 1. The van der Waals surface area contributed by atoms with Crippen LogP contribution in [-0.2, 0) is 11.2 Å². The van der Waals surface area contributed by atoms with Crippen LogP contribution in [0.5, 0.6) is 11.5 Å². The second kappa shape index (κ2) is 8.77. The third kappa shape index (κ3) is 6.37. The Morgan fingerprint density at radius 1 is 0.750 bits per heavy atom. The molecule has 0 aliphatic heterocycles. The molecule has 1 N–H and O–H groups in total. The van der Waals surface area contributed by atoms with Crippen molar-refractivity contribution in [2.45, 2.75) is 19.1 Å². The summed E-state index contributed by atoms with van der Waals surface area (Å²) in [5, 5.41) is 9.01. The molecule has 3 aromatic rings. The summed E-state index contributed by atoms with van der Waals surface area (Å²) >= 11 is 0. The van der Waals surface area contributed by atoms with E-state index in [0.29, 0.717) is 16.7 Å². The van der Waals surface area contributed by atoms with Gasteiger partial charge in [-0.1, -0.05) is 18.2 Å². The molecule has 1 heterocycles. The van der Waals surface area contributed by atoms with Crippen LogP contribution in [-0.4, -0.2) is 28.8 Å². The molecule has 0 saturated carbocycles. The summed E-state index contributed by atoms with van der Waals surface area (Å²) in [5.41, 5.74) is 1.61. The fraction of sp³-hybridized carbons (Fsp3) is 0.143. The first kappa shape index (κ1) is 22.9. The molecule has 1 aromatic heterocycles. The predicted octanol–water partition coefficient (Wildman–Crippen LogP) is 5.84. The molecule has 0 amide bonds. The van der Waals surface area contributed by atoms with Crippen molar-refractivity contribution in [1.82, 2.24) is 4.98 Å². The van der Waals surface area contributed by atoms with Gasteiger partial charge in [0.25, 0.3) is 0 Å². The fourth-order valence-corrected chi connectivity index (χ4v) is 2.86. The quantitative estimate of drug-likeness (QED) is 0.471. The van der Waals surface area contributed by atoms with E-state index in [0.717, 1.165) is 24.3 Å². The van der Waals surface area contributed by atoms with Crippen molar-refractivity contribution >= 4 is 5.97 Å². The molecule has 0 radical (unpaired) electrons. The SMILES string of the molecule is O=C(O)Cc1ccc(-c2ccc(OC(F)(F)F)cc2)c(-c2ccc(OC(F)(F)F)cc2)n1. The summed E-state index contributed by atoms with van der Waals surface area (Å²) < 4.78 is 82.0. The summed E-state index contributed by atoms with van der Waals surface area (Å²) in [5.74, 6) is -2.04. The standard InChI is InChI=1S/C21H13F6NO4/c22-20(23,24)31-15-6-1-12(2-7-15)17-10-5-14(11-18(29)30)28-19(17)13-3-8-16(9-4-13)32-21(25,26)27/h1-10H,11H2,(H,29,30). The van der Waals surface area contributed by atoms with Crippen molar-refractivity contribution in [2.75, 3.05) is 0 Å². The van der Waals surface area contributed by atoms with Gasteiger partial charge in [0.2, 0.25) is 0 Å². The van der Waals surface area contributed by atoms with Crippen LogP contribution >= 0.6 is 0 Å². The van der Waals surface area contributed by atoms with Gasteiger partial charge in [-0.15, -0.1) is 26.3 Å². The first-order chi connectivity index (χ1) is 14.9. The maximum absolute atomic E-state index is 12.4. The van der Waals surface area contributed by atoms with E-state index in [1.165, 1.54) is 36.4 Å². The number of ether oxygens (including phenoxy) is 2. The Bertz CT molecular complexity index is 1090. The summed E-state index contributed by atoms with van der Waals surface area (Å²) in [7, 11) is 0. The minimum absolute atomic E-state index is 0.184. The van der Waals surface area contributed by atoms with E-state index < -0.39 is 36.6 Å². The molecule has 11 heteroatoms. The fourth-order valence-electron chi connectivity index (χ4n) is 2.86. The van der Waals surface area contributed by atoms with Gasteiger partial charge in [0.1, 0.15) is 11.5 Å². The highest BCUT2D eigenvalue weighted by molar-refractivity contribution is 5.82. The number of aliphatic carboxylic acids is 1. The summed E-state index contributed by atoms with van der Waals surface area (Å²) in [6, 6.07) is 12.6. The minimum Gasteiger partial charge on any atom is -0.481 e. The van der Waals surface area contributed by atoms with Crippen LogP contribution in [0.1, 0.15) is 5.69 Å². The van der Waals surface area contributed by atoms with Crippen LogP contribution in [0.3, 0.4) is 0 Å². The third-order valence-corrected chi connectivity index (χ3v) is 4.05. The number of rotatable bonds is 6. The first-order valence-corrected chi connectivity index (χ1v) is 8.84. The molecule has 5 nitrogen and oxygen atoms in total. The van der Waals surface area contributed by atoms with Crippen LogP contribution < -0.4 is 9.47 Å². The Morgan fingerprint density at radius 3 is 1.66 bits per heavy atom. The van der Waals surface area contributed by atoms with Crippen LogP contribution in [0.2, 0.25) is 0 Å². The van der Waals surface area contributed by atoms with E-state index in [1.807, 2.05) is 0 Å². The first-order valence-electron chi connectivity index (χ1n) is 8.84. The highest BCUT2D eigenvalue weighted by atomic mass is 19.4. The number of alkyl halides is 6. The van der Waals surface area contributed by atoms with Gasteiger partial charge in [-0.3, -0.25) is 9.78 Å². The van der Waals surface area contributed by atoms with Crippen molar-refractivity contribution in [3.05, 3.63) is 66.4 Å². The topological polar surface area (TPSA) is 68.7 Å². The van der Waals surface area contributed by atoms with E-state index in [1.54, 1.807) is 0 Å². The number of carboxylic acid groups (broad SMARTS) is 1. The molecule has 0 unspecified atom stereocenters. The molecule has 0 bridgehead atoms. The zero-order chi connectivity index (χ0) is 23.5. The molecule has 3 rings (SSSR count). The van der Waals surface area contributed by atoms with Gasteiger partial charge in [-0.2, -0.15) is 0 Å². The van der Waals surface area contributed by atoms with Crippen LogP contribution in [0.15, 0.2) is 60.7 Å². The molecular formula is C21H13F6NO4. The third-order valence-electron chi connectivity index (χ3n) is 4.05. The van der Waals surface area contributed by atoms with Crippen molar-refractivity contribution in [3.63, 3.8) is 0 Å². The van der Waals surface area contributed by atoms with Crippen molar-refractivity contribution < 1.29 is 45.7 Å². The zero-order valence-corrected chi connectivity index (χ0v) is 15.9. The van der Waals surface area contributed by atoms with Gasteiger partial charge < -0.3 is 14.6 Å². The molecule has 0 aliphatic rings. The van der Waals surface area contributed by atoms with Gasteiger partial charge >= 0.3 is 18.7 Å². The van der Waals surface area contributed by atoms with E-state index in [9.17, 15) is 31.1 Å². The number of nitrogens with zero attached hydrogens (tertiary/aromatic N) is 1. The van der Waals surface area contributed by atoms with Crippen LogP contribution in [0.4, 0.5) is 26.3 Å². The van der Waals surface area contributed by atoms with E-state index >= 15 is 0 Å². The molecule has 0 atom stereocenters. The second-order valence-electron chi connectivity index (χ2n) is 6.41. The zero-order valence-electron chi connectivity index (χ0n) is 15.9. The normalized spacial score (nSPS) is 11.8. The van der Waals surface area contributed by atoms with E-state index in [-0.39, 0.29) is 11.4 Å². The highest BCUT2D eigenvalue weighted by Gasteiger charge is 2.31. The lowest BCUT2D eigenvalue weighted by Crippen LogP contribution is -2.17. The number of aromatic nitrogens is 1. The number of carbonyl (C=O) groups is 1. The lowest BCUT2D eigenvalue weighted by molar-refractivity contribution is -0.275. The molecule has 0 spiro atoms. The van der Waals surface area contributed by atoms with Crippen molar-refractivity contribution in [2.24, 2.45) is 0 Å². The van der Waals surface area contributed by atoms with E-state index in [2.05, 4.69) is 14.5 Å². The van der Waals surface area contributed by atoms with Crippen LogP contribution in [0, 0.1) is 0 Å². The molecule has 2 aromatic carbocycles. The van der Waals surface area contributed by atoms with Crippen molar-refractivity contribution in [3.8, 4) is 33.9 Å². The number of halogens is 6. The molecular weight excluding hydrogens is 444 g/mol. The predicted molar refractivity (Wildman–Crippen MR) is 99.8 cm³/mol. The summed E-state index contributed by atoms with van der Waals surface area (Å²) in [6.45, 7) is 0. The molecule has 32 heavy (non-hydrogen) atoms. The number of benzene rings is 2. The van der Waals surface area contributed by atoms with Gasteiger partial charge in [0.15, 0.2) is 0 Å². The van der Waals surface area contributed by atoms with E-state index in [4.69, 9.17) is 5.11 Å². The number of hydrogen-bond donors (Lipinski definition) is 1. The van der Waals surface area contributed by atoms with Gasteiger partial charge in [0, 0.05) is 11.1 Å². The maximum Gasteiger partial charge on any atom is 0.573 e. The Hall–Kier alpha value is -3.76. The maximum atomic E-state index is 12.4. The van der Waals surface area contributed by atoms with Crippen molar-refractivity contribution in [1.29, 1.82) is 0 Å². The molecule has 0 saturated heterocycles. The average Bonchev–Trinajstić information content (AvgIpc) is 2.66. The Kier molecular flexibility index (Phi) is 6.28. The largest absolute Gasteiger partial charge is 0.573 e. The molecule has 0 aliphatic carbocycles. The second-order valence-corrected chi connectivity index (χ2v) is 6.41. The number of hydrogen-bond acceptors (Lipinski definition) is 4. The Labute approximate surface area is 176 Å². The lowest BCUT2D eigenvalue weighted by Gasteiger charge is -2.14. The Morgan fingerprint density at radius 2 is 1.22 bits per heavy atom. The minimum atomic E-state index is -4.87. The monoisotopic (exact) mass is 457 g/mol. The summed E-state index contributed by atoms with van der Waals surface area (Å²) in [4.78, 5) is 15.3. The molecule has 168 valence electrons. The van der Waals surface area contributed by atoms with Gasteiger partial charge in [-0.25, -0.2) is 0 Å². The Balaban J connectivity index is 2.01. The smallest absolute Gasteiger partial charge is 0.481 e. The highest BCUT2D eigenvalue weighted by Crippen LogP contribution is 2.34. The summed E-state index contributed by atoms with van der Waals surface area (Å²) in [6.07, 6.45) is -10.1. The van der Waals surface area contributed by atoms with Gasteiger partial charge in [-0.05, 0) is 48.0 Å². The molecule has 0 fully saturated rings. The number of carboxylic acids is 1.